The predicted molar refractivity (Wildman–Crippen MR) is 139 cm³/mol. The van der Waals surface area contributed by atoms with Gasteiger partial charge in [0.1, 0.15) is 30.5 Å². The first kappa shape index (κ1) is 24.8. The Morgan fingerprint density at radius 3 is 1.84 bits per heavy atom. The number of hydrogen-bond acceptors (Lipinski definition) is 3. The highest BCUT2D eigenvalue weighted by Crippen LogP contribution is 2.36. The monoisotopic (exact) mass is 513 g/mol. The van der Waals surface area contributed by atoms with Crippen LogP contribution in [-0.2, 0) is 13.2 Å². The Bertz CT molecular complexity index is 1570. The highest BCUT2D eigenvalue weighted by atomic mass is 19.4. The first-order chi connectivity index (χ1) is 18.4. The molecule has 0 fully saturated rings. The number of halogens is 3. The molecule has 1 N–H and O–H groups in total. The van der Waals surface area contributed by atoms with Crippen LogP contribution in [-0.4, -0.2) is 11.3 Å². The number of benzene rings is 4. The van der Waals surface area contributed by atoms with E-state index in [1.807, 2.05) is 72.8 Å². The molecule has 5 rings (SSSR count). The van der Waals surface area contributed by atoms with Crippen molar-refractivity contribution in [2.45, 2.75) is 19.6 Å². The molecular formula is C31H22F3NO3. The molecule has 0 saturated carbocycles. The molecule has 5 aromatic rings. The minimum absolute atomic E-state index is 0.296. The average molecular weight is 514 g/mol. The van der Waals surface area contributed by atoms with Crippen LogP contribution >= 0.6 is 0 Å². The van der Waals surface area contributed by atoms with Gasteiger partial charge < -0.3 is 19.2 Å². The molecule has 0 atom stereocenters. The molecule has 0 amide bonds. The van der Waals surface area contributed by atoms with Crippen molar-refractivity contribution in [3.05, 3.63) is 126 Å². The van der Waals surface area contributed by atoms with Crippen LogP contribution in [0.5, 0.6) is 17.2 Å². The Hall–Kier alpha value is -4.83. The summed E-state index contributed by atoms with van der Waals surface area (Å²) in [7, 11) is 0. The van der Waals surface area contributed by atoms with Gasteiger partial charge in [-0.2, -0.15) is 0 Å². The van der Waals surface area contributed by atoms with Gasteiger partial charge in [0, 0.05) is 17.3 Å². The van der Waals surface area contributed by atoms with E-state index in [9.17, 15) is 13.2 Å². The topological polar surface area (TPSA) is 43.5 Å². The van der Waals surface area contributed by atoms with Crippen LogP contribution < -0.4 is 14.2 Å². The first-order valence-corrected chi connectivity index (χ1v) is 11.8. The fraction of sp³-hybridized carbons (Fsp3) is 0.0968. The summed E-state index contributed by atoms with van der Waals surface area (Å²) in [4.78, 5) is 3.23. The van der Waals surface area contributed by atoms with Crippen molar-refractivity contribution < 1.29 is 27.4 Å². The molecule has 0 saturated heterocycles. The van der Waals surface area contributed by atoms with Crippen LogP contribution in [0.15, 0.2) is 103 Å². The molecule has 0 aliphatic heterocycles. The third-order valence-electron chi connectivity index (χ3n) is 5.62. The first-order valence-electron chi connectivity index (χ1n) is 11.8. The Labute approximate surface area is 217 Å². The summed E-state index contributed by atoms with van der Waals surface area (Å²) in [6.07, 6.45) is -2.95. The fourth-order valence-corrected chi connectivity index (χ4v) is 3.85. The van der Waals surface area contributed by atoms with Crippen LogP contribution in [0.4, 0.5) is 13.2 Å². The van der Waals surface area contributed by atoms with Crippen LogP contribution in [0.2, 0.25) is 0 Å². The average Bonchev–Trinajstić information content (AvgIpc) is 3.33. The summed E-state index contributed by atoms with van der Waals surface area (Å²) in [6.45, 7) is 0.762. The van der Waals surface area contributed by atoms with E-state index in [1.54, 1.807) is 6.20 Å². The minimum atomic E-state index is -4.74. The van der Waals surface area contributed by atoms with Gasteiger partial charge in [-0.05, 0) is 47.5 Å². The molecule has 1 aromatic heterocycles. The molecule has 190 valence electrons. The Morgan fingerprint density at radius 1 is 0.658 bits per heavy atom. The van der Waals surface area contributed by atoms with E-state index in [1.165, 1.54) is 24.3 Å². The van der Waals surface area contributed by atoms with Gasteiger partial charge >= 0.3 is 6.36 Å². The number of ether oxygens (including phenoxy) is 3. The van der Waals surface area contributed by atoms with Crippen molar-refractivity contribution in [3.63, 3.8) is 0 Å². The van der Waals surface area contributed by atoms with E-state index in [0.717, 1.165) is 22.0 Å². The summed E-state index contributed by atoms with van der Waals surface area (Å²) in [6, 6.07) is 28.8. The normalized spacial score (nSPS) is 11.0. The second-order valence-electron chi connectivity index (χ2n) is 8.42. The second kappa shape index (κ2) is 11.1. The van der Waals surface area contributed by atoms with E-state index < -0.39 is 6.36 Å². The van der Waals surface area contributed by atoms with Crippen LogP contribution in [0.25, 0.3) is 10.9 Å². The highest BCUT2D eigenvalue weighted by Gasteiger charge is 2.30. The Kier molecular flexibility index (Phi) is 7.23. The zero-order chi connectivity index (χ0) is 26.4. The van der Waals surface area contributed by atoms with E-state index in [-0.39, 0.29) is 5.75 Å². The van der Waals surface area contributed by atoms with E-state index >= 15 is 0 Å². The number of aromatic amines is 1. The van der Waals surface area contributed by atoms with Crippen LogP contribution in [0, 0.1) is 11.8 Å². The molecular weight excluding hydrogens is 491 g/mol. The molecule has 1 heterocycles. The number of nitrogens with one attached hydrogen (secondary N) is 1. The predicted octanol–water partition coefficient (Wildman–Crippen LogP) is 7.62. The third-order valence-corrected chi connectivity index (χ3v) is 5.62. The molecule has 0 aliphatic rings. The van der Waals surface area contributed by atoms with Gasteiger partial charge in [-0.15, -0.1) is 13.2 Å². The molecule has 0 spiro atoms. The maximum absolute atomic E-state index is 12.4. The SMILES string of the molecule is FC(F)(F)Oc1ccc(C#Cc2cc(OCc3ccccc3)c3c(OCc4ccccc4)c[nH]c3c2)cc1. The smallest absolute Gasteiger partial charge is 0.488 e. The lowest BCUT2D eigenvalue weighted by molar-refractivity contribution is -0.274. The van der Waals surface area contributed by atoms with Crippen molar-refractivity contribution in [1.29, 1.82) is 0 Å². The van der Waals surface area contributed by atoms with Gasteiger partial charge in [-0.1, -0.05) is 72.5 Å². The molecule has 38 heavy (non-hydrogen) atoms. The quantitative estimate of drug-likeness (QED) is 0.228. The van der Waals surface area contributed by atoms with Gasteiger partial charge in [0.25, 0.3) is 0 Å². The molecule has 4 aromatic carbocycles. The number of fused-ring (bicyclic) bond motifs is 1. The Morgan fingerprint density at radius 2 is 1.24 bits per heavy atom. The minimum Gasteiger partial charge on any atom is -0.488 e. The van der Waals surface area contributed by atoms with Crippen molar-refractivity contribution in [3.8, 4) is 29.1 Å². The molecule has 0 unspecified atom stereocenters. The fourth-order valence-electron chi connectivity index (χ4n) is 3.85. The zero-order valence-electron chi connectivity index (χ0n) is 20.1. The second-order valence-corrected chi connectivity index (χ2v) is 8.42. The largest absolute Gasteiger partial charge is 0.573 e. The summed E-state index contributed by atoms with van der Waals surface area (Å²) in [5.41, 5.74) is 4.07. The lowest BCUT2D eigenvalue weighted by Crippen LogP contribution is -2.16. The third kappa shape index (κ3) is 6.48. The number of alkyl halides is 3. The maximum atomic E-state index is 12.4. The van der Waals surface area contributed by atoms with Gasteiger partial charge in [0.15, 0.2) is 0 Å². The number of H-pyrrole nitrogens is 1. The molecule has 0 bridgehead atoms. The lowest BCUT2D eigenvalue weighted by atomic mass is 10.1. The van der Waals surface area contributed by atoms with Crippen LogP contribution in [0.1, 0.15) is 22.3 Å². The van der Waals surface area contributed by atoms with E-state index in [0.29, 0.717) is 35.8 Å². The highest BCUT2D eigenvalue weighted by molar-refractivity contribution is 5.93. The van der Waals surface area contributed by atoms with Crippen molar-refractivity contribution in [2.24, 2.45) is 0 Å². The van der Waals surface area contributed by atoms with Gasteiger partial charge in [0.05, 0.1) is 10.9 Å². The molecule has 0 aliphatic carbocycles. The maximum Gasteiger partial charge on any atom is 0.573 e. The Balaban J connectivity index is 1.43. The lowest BCUT2D eigenvalue weighted by Gasteiger charge is -2.11. The molecule has 4 nitrogen and oxygen atoms in total. The van der Waals surface area contributed by atoms with Gasteiger partial charge in [-0.25, -0.2) is 0 Å². The van der Waals surface area contributed by atoms with Gasteiger partial charge in [-0.3, -0.25) is 0 Å². The van der Waals surface area contributed by atoms with Crippen molar-refractivity contribution in [2.75, 3.05) is 0 Å². The summed E-state index contributed by atoms with van der Waals surface area (Å²) < 4.78 is 53.5. The summed E-state index contributed by atoms with van der Waals surface area (Å²) >= 11 is 0. The van der Waals surface area contributed by atoms with E-state index in [2.05, 4.69) is 21.6 Å². The van der Waals surface area contributed by atoms with E-state index in [4.69, 9.17) is 9.47 Å². The standard InChI is InChI=1S/C31H22F3NO3/c32-31(33,34)38-26-15-13-22(14-16-26)11-12-25-17-27-30(28(18-25)36-20-23-7-3-1-4-8-23)29(19-35-27)37-21-24-9-5-2-6-10-24/h1-10,13-19,35H,20-21H2. The van der Waals surface area contributed by atoms with Crippen LogP contribution in [0.3, 0.4) is 0 Å². The van der Waals surface area contributed by atoms with Crippen molar-refractivity contribution in [1.82, 2.24) is 4.98 Å². The summed E-state index contributed by atoms with van der Waals surface area (Å²) in [5, 5.41) is 0.802. The number of hydrogen-bond donors (Lipinski definition) is 1. The zero-order valence-corrected chi connectivity index (χ0v) is 20.1. The number of rotatable bonds is 7. The molecule has 7 heteroatoms. The summed E-state index contributed by atoms with van der Waals surface area (Å²) in [5.74, 6) is 7.02. The molecule has 0 radical (unpaired) electrons. The number of aromatic nitrogens is 1. The van der Waals surface area contributed by atoms with Gasteiger partial charge in [0.2, 0.25) is 0 Å². The van der Waals surface area contributed by atoms with Crippen molar-refractivity contribution >= 4 is 10.9 Å².